The highest BCUT2D eigenvalue weighted by Gasteiger charge is 2.13. The van der Waals surface area contributed by atoms with Crippen LogP contribution in [-0.4, -0.2) is 26.9 Å². The molecule has 116 valence electrons. The number of carboxylic acid groups (broad SMARTS) is 1. The zero-order chi connectivity index (χ0) is 15.9. The number of ether oxygens (including phenoxy) is 1. The predicted octanol–water partition coefficient (Wildman–Crippen LogP) is 2.03. The Morgan fingerprint density at radius 3 is 2.64 bits per heavy atom. The molecule has 2 aromatic rings. The van der Waals surface area contributed by atoms with Crippen LogP contribution in [0, 0.1) is 0 Å². The van der Waals surface area contributed by atoms with Crippen molar-refractivity contribution in [1.82, 2.24) is 15.1 Å². The molecule has 0 saturated heterocycles. The normalized spacial score (nSPS) is 10.2. The highest BCUT2D eigenvalue weighted by Crippen LogP contribution is 2.05. The first-order valence-corrected chi connectivity index (χ1v) is 6.84. The van der Waals surface area contributed by atoms with Crippen molar-refractivity contribution in [2.75, 3.05) is 0 Å². The van der Waals surface area contributed by atoms with Crippen LogP contribution in [-0.2, 0) is 24.4 Å². The van der Waals surface area contributed by atoms with Crippen molar-refractivity contribution in [3.63, 3.8) is 0 Å². The van der Waals surface area contributed by atoms with Crippen molar-refractivity contribution in [3.8, 4) is 0 Å². The molecule has 0 radical (unpaired) electrons. The van der Waals surface area contributed by atoms with Crippen LogP contribution in [0.2, 0.25) is 0 Å². The molecule has 0 fully saturated rings. The van der Waals surface area contributed by atoms with E-state index in [4.69, 9.17) is 9.84 Å². The summed E-state index contributed by atoms with van der Waals surface area (Å²) < 4.78 is 6.43. The van der Waals surface area contributed by atoms with Crippen molar-refractivity contribution in [1.29, 1.82) is 0 Å². The maximum Gasteiger partial charge on any atom is 0.407 e. The maximum absolute atomic E-state index is 11.6. The molecule has 0 aliphatic carbocycles. The Morgan fingerprint density at radius 2 is 2.05 bits per heavy atom. The number of carbonyl (C=O) groups is 2. The summed E-state index contributed by atoms with van der Waals surface area (Å²) in [5.41, 5.74) is 1.45. The molecule has 0 atom stereocenters. The quantitative estimate of drug-likeness (QED) is 0.851. The van der Waals surface area contributed by atoms with E-state index in [1.54, 1.807) is 6.92 Å². The van der Waals surface area contributed by atoms with Crippen LogP contribution in [0.3, 0.4) is 0 Å². The predicted molar refractivity (Wildman–Crippen MR) is 78.3 cm³/mol. The average Bonchev–Trinajstić information content (AvgIpc) is 2.95. The van der Waals surface area contributed by atoms with Crippen LogP contribution in [0.1, 0.15) is 28.7 Å². The van der Waals surface area contributed by atoms with E-state index in [-0.39, 0.29) is 18.8 Å². The molecule has 1 amide bonds. The van der Waals surface area contributed by atoms with Gasteiger partial charge in [0.1, 0.15) is 12.3 Å². The van der Waals surface area contributed by atoms with Crippen LogP contribution < -0.4 is 5.32 Å². The average molecular weight is 303 g/mol. The Kier molecular flexibility index (Phi) is 5.13. The topological polar surface area (TPSA) is 93.5 Å². The molecule has 0 saturated carbocycles. The second kappa shape index (κ2) is 7.26. The Balaban J connectivity index is 1.85. The minimum atomic E-state index is -1.05. The Hall–Kier alpha value is -2.83. The Morgan fingerprint density at radius 1 is 1.32 bits per heavy atom. The number of nitrogens with one attached hydrogen (secondary N) is 1. The number of carboxylic acids is 1. The minimum absolute atomic E-state index is 0.0944. The SMILES string of the molecule is CCn1nc(CNC(=O)OCc2ccccc2)cc1C(=O)O. The number of benzene rings is 1. The number of alkyl carbamates (subject to hydrolysis) is 1. The van der Waals surface area contributed by atoms with Gasteiger partial charge in [0.05, 0.1) is 12.2 Å². The van der Waals surface area contributed by atoms with Crippen LogP contribution >= 0.6 is 0 Å². The molecular formula is C15H17N3O4. The van der Waals surface area contributed by atoms with Gasteiger partial charge in [-0.15, -0.1) is 0 Å². The molecule has 1 aromatic carbocycles. The molecule has 22 heavy (non-hydrogen) atoms. The lowest BCUT2D eigenvalue weighted by Gasteiger charge is -2.05. The van der Waals surface area contributed by atoms with Crippen LogP contribution in [0.4, 0.5) is 4.79 Å². The molecule has 0 unspecified atom stereocenters. The molecule has 1 aromatic heterocycles. The summed E-state index contributed by atoms with van der Waals surface area (Å²) >= 11 is 0. The van der Waals surface area contributed by atoms with Gasteiger partial charge in [0, 0.05) is 6.54 Å². The van der Waals surface area contributed by atoms with Gasteiger partial charge >= 0.3 is 12.1 Å². The van der Waals surface area contributed by atoms with E-state index in [1.165, 1.54) is 10.7 Å². The number of carbonyl (C=O) groups excluding carboxylic acids is 1. The third-order valence-corrected chi connectivity index (χ3v) is 2.98. The first-order chi connectivity index (χ1) is 10.6. The molecule has 2 rings (SSSR count). The van der Waals surface area contributed by atoms with Crippen molar-refractivity contribution < 1.29 is 19.4 Å². The van der Waals surface area contributed by atoms with E-state index in [2.05, 4.69) is 10.4 Å². The fourth-order valence-corrected chi connectivity index (χ4v) is 1.91. The van der Waals surface area contributed by atoms with Gasteiger partial charge in [-0.1, -0.05) is 30.3 Å². The molecule has 2 N–H and O–H groups in total. The van der Waals surface area contributed by atoms with Gasteiger partial charge in [-0.2, -0.15) is 5.10 Å². The summed E-state index contributed by atoms with van der Waals surface area (Å²) in [7, 11) is 0. The van der Waals surface area contributed by atoms with E-state index >= 15 is 0 Å². The summed E-state index contributed by atoms with van der Waals surface area (Å²) in [6.07, 6.45) is -0.577. The van der Waals surface area contributed by atoms with E-state index < -0.39 is 12.1 Å². The molecule has 0 spiro atoms. The summed E-state index contributed by atoms with van der Waals surface area (Å²) in [5.74, 6) is -1.05. The second-order valence-electron chi connectivity index (χ2n) is 4.56. The number of nitrogens with zero attached hydrogens (tertiary/aromatic N) is 2. The van der Waals surface area contributed by atoms with Gasteiger partial charge in [0.25, 0.3) is 0 Å². The first-order valence-electron chi connectivity index (χ1n) is 6.84. The third-order valence-electron chi connectivity index (χ3n) is 2.98. The van der Waals surface area contributed by atoms with E-state index in [0.29, 0.717) is 12.2 Å². The number of aromatic carboxylic acids is 1. The fourth-order valence-electron chi connectivity index (χ4n) is 1.91. The standard InChI is InChI=1S/C15H17N3O4/c1-2-18-13(14(19)20)8-12(17-18)9-16-15(21)22-10-11-6-4-3-5-7-11/h3-8H,2,9-10H2,1H3,(H,16,21)(H,19,20). The molecule has 0 aliphatic rings. The lowest BCUT2D eigenvalue weighted by atomic mass is 10.2. The monoisotopic (exact) mass is 303 g/mol. The lowest BCUT2D eigenvalue weighted by Crippen LogP contribution is -2.23. The van der Waals surface area contributed by atoms with Gasteiger partial charge in [-0.3, -0.25) is 4.68 Å². The largest absolute Gasteiger partial charge is 0.477 e. The zero-order valence-electron chi connectivity index (χ0n) is 12.2. The summed E-state index contributed by atoms with van der Waals surface area (Å²) in [6.45, 7) is 2.53. The Bertz CT molecular complexity index is 652. The van der Waals surface area contributed by atoms with Crippen LogP contribution in [0.15, 0.2) is 36.4 Å². The van der Waals surface area contributed by atoms with Gasteiger partial charge in [-0.25, -0.2) is 9.59 Å². The zero-order valence-corrected chi connectivity index (χ0v) is 12.2. The molecular weight excluding hydrogens is 286 g/mol. The second-order valence-corrected chi connectivity index (χ2v) is 4.56. The molecule has 7 heteroatoms. The molecule has 0 aliphatic heterocycles. The summed E-state index contributed by atoms with van der Waals surface area (Å²) in [4.78, 5) is 22.6. The highest BCUT2D eigenvalue weighted by molar-refractivity contribution is 5.85. The number of aryl methyl sites for hydroxylation is 1. The third kappa shape index (κ3) is 4.08. The van der Waals surface area contributed by atoms with E-state index in [9.17, 15) is 9.59 Å². The fraction of sp³-hybridized carbons (Fsp3) is 0.267. The smallest absolute Gasteiger partial charge is 0.407 e. The van der Waals surface area contributed by atoms with Crippen molar-refractivity contribution in [3.05, 3.63) is 53.3 Å². The van der Waals surface area contributed by atoms with Gasteiger partial charge in [0.2, 0.25) is 0 Å². The molecule has 1 heterocycles. The maximum atomic E-state index is 11.6. The van der Waals surface area contributed by atoms with Crippen molar-refractivity contribution >= 4 is 12.1 Å². The number of hydrogen-bond acceptors (Lipinski definition) is 4. The first kappa shape index (κ1) is 15.6. The molecule has 7 nitrogen and oxygen atoms in total. The van der Waals surface area contributed by atoms with E-state index in [1.807, 2.05) is 30.3 Å². The van der Waals surface area contributed by atoms with Crippen LogP contribution in [0.5, 0.6) is 0 Å². The van der Waals surface area contributed by atoms with E-state index in [0.717, 1.165) is 5.56 Å². The van der Waals surface area contributed by atoms with Gasteiger partial charge in [-0.05, 0) is 18.6 Å². The minimum Gasteiger partial charge on any atom is -0.477 e. The van der Waals surface area contributed by atoms with Gasteiger partial charge in [0.15, 0.2) is 0 Å². The molecule has 0 bridgehead atoms. The van der Waals surface area contributed by atoms with Crippen molar-refractivity contribution in [2.24, 2.45) is 0 Å². The summed E-state index contributed by atoms with van der Waals surface area (Å²) in [6, 6.07) is 10.8. The number of amides is 1. The number of aromatic nitrogens is 2. The van der Waals surface area contributed by atoms with Crippen molar-refractivity contribution in [2.45, 2.75) is 26.6 Å². The highest BCUT2D eigenvalue weighted by atomic mass is 16.5. The summed E-state index contributed by atoms with van der Waals surface area (Å²) in [5, 5.41) is 15.7. The van der Waals surface area contributed by atoms with Crippen LogP contribution in [0.25, 0.3) is 0 Å². The number of rotatable bonds is 6. The number of hydrogen-bond donors (Lipinski definition) is 2. The Labute approximate surface area is 127 Å². The van der Waals surface area contributed by atoms with Gasteiger partial charge < -0.3 is 15.2 Å². The lowest BCUT2D eigenvalue weighted by molar-refractivity contribution is 0.0683.